The Morgan fingerprint density at radius 1 is 1.02 bits per heavy atom. The van der Waals surface area contributed by atoms with Gasteiger partial charge in [0.1, 0.15) is 18.0 Å². The van der Waals surface area contributed by atoms with Crippen LogP contribution < -0.4 is 15.4 Å². The van der Waals surface area contributed by atoms with Crippen molar-refractivity contribution in [3.63, 3.8) is 0 Å². The molecule has 1 atom stereocenters. The van der Waals surface area contributed by atoms with E-state index in [1.807, 2.05) is 24.3 Å². The van der Waals surface area contributed by atoms with E-state index in [1.54, 1.807) is 73.4 Å². The Labute approximate surface area is 272 Å². The van der Waals surface area contributed by atoms with Crippen molar-refractivity contribution in [1.82, 2.24) is 20.1 Å². The van der Waals surface area contributed by atoms with Gasteiger partial charge < -0.3 is 14.8 Å². The molecule has 0 saturated carbocycles. The van der Waals surface area contributed by atoms with E-state index < -0.39 is 11.9 Å². The number of ether oxygens (including phenoxy) is 2. The van der Waals surface area contributed by atoms with Crippen molar-refractivity contribution in [2.45, 2.75) is 59.7 Å². The normalized spacial score (nSPS) is 12.5. The van der Waals surface area contributed by atoms with Gasteiger partial charge in [0.2, 0.25) is 5.85 Å². The highest BCUT2D eigenvalue weighted by molar-refractivity contribution is 8.13. The number of benzene rings is 3. The summed E-state index contributed by atoms with van der Waals surface area (Å²) < 4.78 is 25.9. The number of hydrogen-bond donors (Lipinski definition) is 2. The number of esters is 1. The van der Waals surface area contributed by atoms with Gasteiger partial charge in [-0.05, 0) is 84.3 Å². The maximum Gasteiger partial charge on any atom is 0.325 e. The molecule has 3 aromatic carbocycles. The van der Waals surface area contributed by atoms with Gasteiger partial charge in [0.05, 0.1) is 17.3 Å². The van der Waals surface area contributed by atoms with Crippen LogP contribution in [0.3, 0.4) is 0 Å². The van der Waals surface area contributed by atoms with Crippen LogP contribution in [0.25, 0.3) is 17.1 Å². The van der Waals surface area contributed by atoms with E-state index in [9.17, 15) is 14.0 Å². The third-order valence-electron chi connectivity index (χ3n) is 6.75. The van der Waals surface area contributed by atoms with E-state index in [0.717, 1.165) is 40.7 Å². The van der Waals surface area contributed by atoms with Crippen LogP contribution >= 0.6 is 11.8 Å². The molecule has 0 saturated heterocycles. The molecule has 1 aromatic heterocycles. The molecule has 2 amide bonds. The highest BCUT2D eigenvalue weighted by atomic mass is 32.2. The molecule has 0 aliphatic carbocycles. The first-order chi connectivity index (χ1) is 21.9. The van der Waals surface area contributed by atoms with Crippen LogP contribution in [-0.4, -0.2) is 43.7 Å². The summed E-state index contributed by atoms with van der Waals surface area (Å²) in [4.78, 5) is 34.1. The van der Waals surface area contributed by atoms with Crippen molar-refractivity contribution in [3.05, 3.63) is 84.7 Å². The molecule has 1 unspecified atom stereocenters. The Kier molecular flexibility index (Phi) is 11.5. The number of rotatable bonds is 11. The summed E-state index contributed by atoms with van der Waals surface area (Å²) in [5, 5.41) is 10.5. The topological polar surface area (TPSA) is 120 Å². The first kappa shape index (κ1) is 34.2. The highest BCUT2D eigenvalue weighted by Crippen LogP contribution is 2.30. The second-order valence-corrected chi connectivity index (χ2v) is 12.2. The summed E-state index contributed by atoms with van der Waals surface area (Å²) >= 11 is 1.12. The largest absolute Gasteiger partial charge is 0.459 e. The lowest BCUT2D eigenvalue weighted by molar-refractivity contribution is -0.144. The Hall–Kier alpha value is -4.71. The molecule has 4 aromatic rings. The molecule has 0 fully saturated rings. The fourth-order valence-electron chi connectivity index (χ4n) is 4.17. The number of carbonyl (C=O) groups is 2. The van der Waals surface area contributed by atoms with Crippen LogP contribution in [0.15, 0.2) is 84.1 Å². The minimum Gasteiger partial charge on any atom is -0.459 e. The third-order valence-corrected chi connectivity index (χ3v) is 7.45. The Morgan fingerprint density at radius 3 is 2.37 bits per heavy atom. The Morgan fingerprint density at radius 2 is 1.72 bits per heavy atom. The van der Waals surface area contributed by atoms with Crippen molar-refractivity contribution < 1.29 is 23.5 Å². The van der Waals surface area contributed by atoms with Gasteiger partial charge in [-0.2, -0.15) is 4.39 Å². The quantitative estimate of drug-likeness (QED) is 0.0729. The summed E-state index contributed by atoms with van der Waals surface area (Å²) in [6.07, 6.45) is 2.52. The lowest BCUT2D eigenvalue weighted by Crippen LogP contribution is -2.33. The number of para-hydroxylation sites is 1. The summed E-state index contributed by atoms with van der Waals surface area (Å²) in [6.45, 7) is 10.4. The van der Waals surface area contributed by atoms with E-state index in [0.29, 0.717) is 22.4 Å². The number of amidine groups is 1. The number of carbonyl (C=O) groups excluding carboxylic acids is 2. The van der Waals surface area contributed by atoms with Crippen LogP contribution in [0.5, 0.6) is 5.75 Å². The fourth-order valence-corrected chi connectivity index (χ4v) is 4.79. The van der Waals surface area contributed by atoms with Gasteiger partial charge in [0.15, 0.2) is 11.0 Å². The molecule has 0 bridgehead atoms. The third kappa shape index (κ3) is 9.90. The molecule has 0 spiro atoms. The smallest absolute Gasteiger partial charge is 0.325 e. The van der Waals surface area contributed by atoms with Crippen LogP contribution in [0.1, 0.15) is 59.4 Å². The summed E-state index contributed by atoms with van der Waals surface area (Å²) in [7, 11) is 0. The zero-order valence-corrected chi connectivity index (χ0v) is 27.6. The second kappa shape index (κ2) is 15.5. The van der Waals surface area contributed by atoms with Crippen LogP contribution in [-0.2, 0) is 9.53 Å². The first-order valence-electron chi connectivity index (χ1n) is 15.0. The summed E-state index contributed by atoms with van der Waals surface area (Å²) in [5.41, 5.74) is 3.82. The van der Waals surface area contributed by atoms with Gasteiger partial charge in [-0.25, -0.2) is 19.5 Å². The molecule has 4 rings (SSSR count). The molecule has 10 nitrogen and oxygen atoms in total. The van der Waals surface area contributed by atoms with E-state index >= 15 is 0 Å². The molecule has 2 N–H and O–H groups in total. The predicted molar refractivity (Wildman–Crippen MR) is 180 cm³/mol. The minimum absolute atomic E-state index is 0.00366. The number of thioether (sulfide) groups is 1. The molecule has 242 valence electrons. The van der Waals surface area contributed by atoms with Gasteiger partial charge in [-0.1, -0.05) is 45.9 Å². The van der Waals surface area contributed by atoms with E-state index in [-0.39, 0.29) is 23.7 Å². The number of nitrogens with one attached hydrogen (secondary N) is 2. The number of amides is 2. The van der Waals surface area contributed by atoms with Crippen molar-refractivity contribution in [2.24, 2.45) is 10.9 Å². The van der Waals surface area contributed by atoms with E-state index in [2.05, 4.69) is 34.6 Å². The zero-order chi connectivity index (χ0) is 33.3. The van der Waals surface area contributed by atoms with Crippen molar-refractivity contribution >= 4 is 40.3 Å². The monoisotopic (exact) mass is 646 g/mol. The maximum atomic E-state index is 13.8. The van der Waals surface area contributed by atoms with E-state index in [1.165, 1.54) is 13.8 Å². The SMILES string of the molecule is CCC(C)c1ccccc1N=C(NC(=O)Nc1ccc(-c2ncn(-c3ccc(OC(C)(C)F)cc3)n2)cc1)SCOC(=O)C(C)C. The van der Waals surface area contributed by atoms with Crippen molar-refractivity contribution in [1.29, 1.82) is 0 Å². The molecule has 12 heteroatoms. The number of hydrogen-bond acceptors (Lipinski definition) is 8. The number of urea groups is 1. The first-order valence-corrected chi connectivity index (χ1v) is 16.0. The molecule has 0 aliphatic rings. The molecular formula is C34H39FN6O4S. The van der Waals surface area contributed by atoms with Gasteiger partial charge in [0, 0.05) is 25.1 Å². The van der Waals surface area contributed by atoms with Gasteiger partial charge in [0.25, 0.3) is 0 Å². The molecule has 0 radical (unpaired) electrons. The number of aromatic nitrogens is 3. The molecule has 0 aliphatic heterocycles. The number of aliphatic imine (C=N–C) groups is 1. The highest BCUT2D eigenvalue weighted by Gasteiger charge is 2.17. The average molecular weight is 647 g/mol. The lowest BCUT2D eigenvalue weighted by atomic mass is 9.97. The molecule has 1 heterocycles. The van der Waals surface area contributed by atoms with Crippen LogP contribution in [0.4, 0.5) is 20.6 Å². The van der Waals surface area contributed by atoms with E-state index in [4.69, 9.17) is 14.5 Å². The van der Waals surface area contributed by atoms with Crippen LogP contribution in [0.2, 0.25) is 0 Å². The maximum absolute atomic E-state index is 13.8. The van der Waals surface area contributed by atoms with Gasteiger partial charge in [-0.15, -0.1) is 5.10 Å². The standard InChI is InChI=1S/C34H39FN6O4S/c1-7-23(4)28-10-8-9-11-29(28)38-33(46-21-44-31(42)22(2)3)39-32(43)37-25-14-12-24(13-15-25)30-36-20-41(40-30)26-16-18-27(19-17-26)45-34(5,6)35/h8-20,22-23H,7,21H2,1-6H3,(H2,37,38,39,43). The number of alkyl halides is 1. The summed E-state index contributed by atoms with van der Waals surface area (Å²) in [5.74, 6) is -1.20. The van der Waals surface area contributed by atoms with Crippen LogP contribution in [0, 0.1) is 5.92 Å². The predicted octanol–water partition coefficient (Wildman–Crippen LogP) is 8.23. The lowest BCUT2D eigenvalue weighted by Gasteiger charge is -2.17. The van der Waals surface area contributed by atoms with Gasteiger partial charge in [-0.3, -0.25) is 10.1 Å². The number of anilines is 1. The second-order valence-electron chi connectivity index (χ2n) is 11.3. The van der Waals surface area contributed by atoms with Crippen molar-refractivity contribution in [2.75, 3.05) is 11.3 Å². The number of halogens is 1. The zero-order valence-electron chi connectivity index (χ0n) is 26.8. The fraction of sp³-hybridized carbons (Fsp3) is 0.324. The number of nitrogens with zero attached hydrogens (tertiary/aromatic N) is 4. The average Bonchev–Trinajstić information content (AvgIpc) is 3.51. The minimum atomic E-state index is -1.78. The van der Waals surface area contributed by atoms with Gasteiger partial charge >= 0.3 is 12.0 Å². The Bertz CT molecular complexity index is 1650. The Balaban J connectivity index is 1.43. The molecule has 46 heavy (non-hydrogen) atoms. The van der Waals surface area contributed by atoms with Crippen molar-refractivity contribution in [3.8, 4) is 22.8 Å². The molecular weight excluding hydrogens is 607 g/mol. The summed E-state index contributed by atoms with van der Waals surface area (Å²) in [6, 6.07) is 21.2.